The van der Waals surface area contributed by atoms with Crippen LogP contribution in [0.2, 0.25) is 10.0 Å². The van der Waals surface area contributed by atoms with Crippen molar-refractivity contribution in [2.45, 2.75) is 13.2 Å². The molecule has 8 heteroatoms. The second kappa shape index (κ2) is 9.34. The zero-order valence-electron chi connectivity index (χ0n) is 15.7. The van der Waals surface area contributed by atoms with E-state index in [1.807, 2.05) is 47.8 Å². The summed E-state index contributed by atoms with van der Waals surface area (Å²) < 4.78 is 7.48. The average molecular weight is 458 g/mol. The zero-order chi connectivity index (χ0) is 20.9. The van der Waals surface area contributed by atoms with E-state index < -0.39 is 0 Å². The second-order valence-corrected chi connectivity index (χ2v) is 8.35. The smallest absolute Gasteiger partial charge is 0.265 e. The largest absolute Gasteiger partial charge is 0.489 e. The van der Waals surface area contributed by atoms with Gasteiger partial charge in [-0.05, 0) is 53.4 Å². The maximum Gasteiger partial charge on any atom is 0.265 e. The number of rotatable bonds is 7. The number of hydrogen-bond acceptors (Lipinski definition) is 4. The van der Waals surface area contributed by atoms with Gasteiger partial charge >= 0.3 is 0 Å². The molecule has 152 valence electrons. The quantitative estimate of drug-likeness (QED) is 0.363. The lowest BCUT2D eigenvalue weighted by atomic mass is 10.2. The third-order valence-electron chi connectivity index (χ3n) is 4.25. The molecule has 0 atom stereocenters. The van der Waals surface area contributed by atoms with Crippen molar-refractivity contribution in [2.24, 2.45) is 0 Å². The van der Waals surface area contributed by atoms with E-state index >= 15 is 0 Å². The predicted molar refractivity (Wildman–Crippen MR) is 121 cm³/mol. The highest BCUT2D eigenvalue weighted by molar-refractivity contribution is 7.12. The van der Waals surface area contributed by atoms with E-state index in [0.717, 1.165) is 22.6 Å². The lowest BCUT2D eigenvalue weighted by molar-refractivity contribution is 0.103. The Labute approximate surface area is 187 Å². The van der Waals surface area contributed by atoms with Crippen molar-refractivity contribution in [1.82, 2.24) is 9.78 Å². The predicted octanol–water partition coefficient (Wildman–Crippen LogP) is 6.13. The number of hydrogen-bond donors (Lipinski definition) is 1. The molecular formula is C22H17Cl2N3O2S. The van der Waals surface area contributed by atoms with E-state index in [2.05, 4.69) is 10.4 Å². The number of ether oxygens (including phenoxy) is 1. The maximum absolute atomic E-state index is 12.5. The summed E-state index contributed by atoms with van der Waals surface area (Å²) in [5.74, 6) is 0.582. The summed E-state index contributed by atoms with van der Waals surface area (Å²) >= 11 is 13.1. The maximum atomic E-state index is 12.5. The van der Waals surface area contributed by atoms with Crippen molar-refractivity contribution in [3.05, 3.63) is 98.4 Å². The first-order valence-corrected chi connectivity index (χ1v) is 10.7. The molecule has 0 unspecified atom stereocenters. The number of carbonyl (C=O) groups is 1. The molecule has 0 aliphatic heterocycles. The van der Waals surface area contributed by atoms with Gasteiger partial charge in [-0.1, -0.05) is 35.3 Å². The molecule has 30 heavy (non-hydrogen) atoms. The second-order valence-electron chi connectivity index (χ2n) is 6.57. The number of nitrogens with one attached hydrogen (secondary N) is 1. The molecule has 2 heterocycles. The molecule has 0 aliphatic rings. The Morgan fingerprint density at radius 2 is 1.80 bits per heavy atom. The van der Waals surface area contributed by atoms with Gasteiger partial charge in [-0.25, -0.2) is 0 Å². The lowest BCUT2D eigenvalue weighted by Gasteiger charge is -2.06. The van der Waals surface area contributed by atoms with Crippen LogP contribution in [0.5, 0.6) is 5.75 Å². The van der Waals surface area contributed by atoms with Crippen LogP contribution in [0, 0.1) is 0 Å². The molecule has 2 aromatic carbocycles. The summed E-state index contributed by atoms with van der Waals surface area (Å²) in [7, 11) is 0. The Morgan fingerprint density at radius 3 is 2.50 bits per heavy atom. The van der Waals surface area contributed by atoms with E-state index in [4.69, 9.17) is 27.9 Å². The SMILES string of the molecule is O=C(Nc1ccc(Cn2cc(Cl)cn2)cc1)c1cc(COc2ccc(Cl)cc2)cs1. The van der Waals surface area contributed by atoms with Crippen molar-refractivity contribution in [1.29, 1.82) is 0 Å². The summed E-state index contributed by atoms with van der Waals surface area (Å²) in [5.41, 5.74) is 2.73. The molecule has 0 saturated heterocycles. The van der Waals surface area contributed by atoms with Gasteiger partial charge < -0.3 is 10.1 Å². The fourth-order valence-corrected chi connectivity index (χ4v) is 3.84. The standard InChI is InChI=1S/C22H17Cl2N3O2S/c23-17-3-7-20(8-4-17)29-13-16-9-21(30-14-16)22(28)26-19-5-1-15(2-6-19)11-27-12-18(24)10-25-27/h1-10,12,14H,11,13H2,(H,26,28). The zero-order valence-corrected chi connectivity index (χ0v) is 18.0. The fourth-order valence-electron chi connectivity index (χ4n) is 2.77. The molecule has 0 bridgehead atoms. The number of carbonyl (C=O) groups excluding carboxylic acids is 1. The summed E-state index contributed by atoms with van der Waals surface area (Å²) in [5, 5.41) is 10.3. The van der Waals surface area contributed by atoms with Crippen LogP contribution in [0.15, 0.2) is 72.4 Å². The summed E-state index contributed by atoms with van der Waals surface area (Å²) in [6.45, 7) is 1.00. The number of nitrogens with zero attached hydrogens (tertiary/aromatic N) is 2. The molecule has 5 nitrogen and oxygen atoms in total. The molecule has 0 fully saturated rings. The van der Waals surface area contributed by atoms with Gasteiger partial charge in [-0.2, -0.15) is 5.10 Å². The molecule has 4 rings (SSSR count). The van der Waals surface area contributed by atoms with Crippen LogP contribution < -0.4 is 10.1 Å². The van der Waals surface area contributed by atoms with Gasteiger partial charge in [-0.15, -0.1) is 11.3 Å². The van der Waals surface area contributed by atoms with Gasteiger partial charge in [0.15, 0.2) is 0 Å². The van der Waals surface area contributed by atoms with E-state index in [-0.39, 0.29) is 5.91 Å². The number of amides is 1. The average Bonchev–Trinajstić information content (AvgIpc) is 3.38. The van der Waals surface area contributed by atoms with Crippen LogP contribution in [0.3, 0.4) is 0 Å². The van der Waals surface area contributed by atoms with E-state index in [9.17, 15) is 4.79 Å². The summed E-state index contributed by atoms with van der Waals surface area (Å²) in [4.78, 5) is 13.2. The van der Waals surface area contributed by atoms with E-state index in [0.29, 0.717) is 28.1 Å². The highest BCUT2D eigenvalue weighted by Crippen LogP contribution is 2.21. The monoisotopic (exact) mass is 457 g/mol. The molecule has 0 spiro atoms. The molecule has 1 N–H and O–H groups in total. The van der Waals surface area contributed by atoms with Crippen LogP contribution in [-0.4, -0.2) is 15.7 Å². The Hall–Kier alpha value is -2.80. The molecule has 1 amide bonds. The molecule has 0 saturated carbocycles. The lowest BCUT2D eigenvalue weighted by Crippen LogP contribution is -2.10. The Bertz CT molecular complexity index is 1140. The van der Waals surface area contributed by atoms with Crippen LogP contribution in [0.25, 0.3) is 0 Å². The normalized spacial score (nSPS) is 10.7. The third kappa shape index (κ3) is 5.42. The first-order chi connectivity index (χ1) is 14.5. The van der Waals surface area contributed by atoms with Crippen molar-refractivity contribution in [2.75, 3.05) is 5.32 Å². The number of thiophene rings is 1. The topological polar surface area (TPSA) is 56.2 Å². The minimum Gasteiger partial charge on any atom is -0.489 e. The van der Waals surface area contributed by atoms with Gasteiger partial charge in [0, 0.05) is 22.5 Å². The van der Waals surface area contributed by atoms with Crippen LogP contribution >= 0.6 is 34.5 Å². The van der Waals surface area contributed by atoms with Gasteiger partial charge in [0.25, 0.3) is 5.91 Å². The Balaban J connectivity index is 1.32. The Morgan fingerprint density at radius 1 is 1.03 bits per heavy atom. The van der Waals surface area contributed by atoms with Gasteiger partial charge in [-0.3, -0.25) is 9.48 Å². The molecule has 0 radical (unpaired) electrons. The van der Waals surface area contributed by atoms with E-state index in [1.54, 1.807) is 29.2 Å². The minimum atomic E-state index is -0.149. The highest BCUT2D eigenvalue weighted by atomic mass is 35.5. The van der Waals surface area contributed by atoms with Gasteiger partial charge in [0.1, 0.15) is 12.4 Å². The van der Waals surface area contributed by atoms with Crippen LogP contribution in [0.4, 0.5) is 5.69 Å². The van der Waals surface area contributed by atoms with Gasteiger partial charge in [0.05, 0.1) is 22.6 Å². The number of anilines is 1. The first-order valence-electron chi connectivity index (χ1n) is 9.09. The first kappa shape index (κ1) is 20.5. The number of halogens is 2. The van der Waals surface area contributed by atoms with Crippen molar-refractivity contribution >= 4 is 46.1 Å². The Kier molecular flexibility index (Phi) is 6.38. The highest BCUT2D eigenvalue weighted by Gasteiger charge is 2.10. The third-order valence-corrected chi connectivity index (χ3v) is 5.68. The number of benzene rings is 2. The minimum absolute atomic E-state index is 0.149. The van der Waals surface area contributed by atoms with Crippen LogP contribution in [-0.2, 0) is 13.2 Å². The molecule has 4 aromatic rings. The molecule has 2 aromatic heterocycles. The van der Waals surface area contributed by atoms with Crippen molar-refractivity contribution < 1.29 is 9.53 Å². The summed E-state index contributed by atoms with van der Waals surface area (Å²) in [6.07, 6.45) is 3.37. The van der Waals surface area contributed by atoms with Gasteiger partial charge in [0.2, 0.25) is 0 Å². The molecular weight excluding hydrogens is 441 g/mol. The van der Waals surface area contributed by atoms with Crippen LogP contribution in [0.1, 0.15) is 20.8 Å². The van der Waals surface area contributed by atoms with Crippen molar-refractivity contribution in [3.8, 4) is 5.75 Å². The van der Waals surface area contributed by atoms with E-state index in [1.165, 1.54) is 11.3 Å². The number of aromatic nitrogens is 2. The summed E-state index contributed by atoms with van der Waals surface area (Å²) in [6, 6.07) is 16.7. The van der Waals surface area contributed by atoms with Crippen molar-refractivity contribution in [3.63, 3.8) is 0 Å². The fraction of sp³-hybridized carbons (Fsp3) is 0.0909. The molecule has 0 aliphatic carbocycles.